The molecular formula is C27H23NO7. The number of carbonyl (C=O) groups is 1. The maximum atomic E-state index is 13.6. The van der Waals surface area contributed by atoms with Crippen molar-refractivity contribution < 1.29 is 33.6 Å². The number of benzene rings is 3. The number of hydrogen-bond acceptors (Lipinski definition) is 7. The molecule has 0 spiro atoms. The van der Waals surface area contributed by atoms with Gasteiger partial charge in [-0.15, -0.1) is 0 Å². The van der Waals surface area contributed by atoms with E-state index in [4.69, 9.17) is 23.7 Å². The highest BCUT2D eigenvalue weighted by molar-refractivity contribution is 5.71. The topological polar surface area (TPSA) is 86.7 Å². The lowest BCUT2D eigenvalue weighted by molar-refractivity contribution is 0.0298. The summed E-state index contributed by atoms with van der Waals surface area (Å²) in [5, 5.41) is 11.4. The highest BCUT2D eigenvalue weighted by Gasteiger charge is 2.48. The third-order valence-corrected chi connectivity index (χ3v) is 7.28. The van der Waals surface area contributed by atoms with Crippen LogP contribution in [0.5, 0.6) is 23.0 Å². The van der Waals surface area contributed by atoms with Gasteiger partial charge in [-0.05, 0) is 46.9 Å². The molecule has 3 aromatic carbocycles. The average Bonchev–Trinajstić information content (AvgIpc) is 3.55. The first-order chi connectivity index (χ1) is 17.2. The Morgan fingerprint density at radius 3 is 2.57 bits per heavy atom. The molecule has 0 fully saturated rings. The van der Waals surface area contributed by atoms with Gasteiger partial charge in [0.2, 0.25) is 13.6 Å². The van der Waals surface area contributed by atoms with E-state index in [1.54, 1.807) is 4.90 Å². The number of amides is 1. The second kappa shape index (κ2) is 7.81. The Labute approximate surface area is 201 Å². The Morgan fingerprint density at radius 1 is 0.943 bits per heavy atom. The van der Waals surface area contributed by atoms with Crippen molar-refractivity contribution in [3.05, 3.63) is 82.4 Å². The van der Waals surface area contributed by atoms with Crippen molar-refractivity contribution in [3.63, 3.8) is 0 Å². The van der Waals surface area contributed by atoms with Gasteiger partial charge >= 0.3 is 6.09 Å². The van der Waals surface area contributed by atoms with Crippen molar-refractivity contribution in [3.8, 4) is 23.0 Å². The average molecular weight is 473 g/mol. The number of aliphatic hydroxyl groups is 1. The van der Waals surface area contributed by atoms with Crippen molar-refractivity contribution in [1.29, 1.82) is 0 Å². The number of hydrogen-bond donors (Lipinski definition) is 1. The summed E-state index contributed by atoms with van der Waals surface area (Å²) in [5.41, 5.74) is 4.58. The summed E-state index contributed by atoms with van der Waals surface area (Å²) in [6.45, 7) is 0.720. The summed E-state index contributed by atoms with van der Waals surface area (Å²) in [7, 11) is 0. The number of ether oxygens (including phenoxy) is 5. The molecule has 1 aliphatic carbocycles. The molecule has 7 rings (SSSR count). The van der Waals surface area contributed by atoms with Crippen LogP contribution in [-0.4, -0.2) is 35.8 Å². The molecule has 3 atom stereocenters. The maximum Gasteiger partial charge on any atom is 0.410 e. The molecule has 1 N–H and O–H groups in total. The first-order valence-electron chi connectivity index (χ1n) is 11.7. The maximum absolute atomic E-state index is 13.6. The molecule has 3 aliphatic heterocycles. The Hall–Kier alpha value is -3.91. The number of rotatable bonds is 2. The van der Waals surface area contributed by atoms with Gasteiger partial charge in [0, 0.05) is 11.5 Å². The lowest BCUT2D eigenvalue weighted by atomic mass is 9.70. The Balaban J connectivity index is 1.33. The molecular weight excluding hydrogens is 450 g/mol. The fourth-order valence-corrected chi connectivity index (χ4v) is 5.72. The van der Waals surface area contributed by atoms with Crippen LogP contribution in [0, 0.1) is 0 Å². The van der Waals surface area contributed by atoms with Gasteiger partial charge in [0.1, 0.15) is 6.61 Å². The van der Waals surface area contributed by atoms with E-state index in [1.807, 2.05) is 54.6 Å². The Morgan fingerprint density at radius 2 is 1.71 bits per heavy atom. The minimum absolute atomic E-state index is 0.132. The highest BCUT2D eigenvalue weighted by atomic mass is 16.7. The van der Waals surface area contributed by atoms with E-state index >= 15 is 0 Å². The van der Waals surface area contributed by atoms with Crippen molar-refractivity contribution in [2.24, 2.45) is 0 Å². The Kier molecular flexibility index (Phi) is 4.57. The van der Waals surface area contributed by atoms with Crippen LogP contribution in [-0.2, 0) is 24.3 Å². The van der Waals surface area contributed by atoms with Crippen LogP contribution in [0.25, 0.3) is 0 Å². The molecule has 178 valence electrons. The fraction of sp³-hybridized carbons (Fsp3) is 0.296. The van der Waals surface area contributed by atoms with E-state index in [-0.39, 0.29) is 32.7 Å². The number of fused-ring (bicyclic) bond motifs is 8. The summed E-state index contributed by atoms with van der Waals surface area (Å²) in [5.74, 6) is 2.23. The summed E-state index contributed by atoms with van der Waals surface area (Å²) in [4.78, 5) is 15.3. The van der Waals surface area contributed by atoms with E-state index < -0.39 is 18.2 Å². The van der Waals surface area contributed by atoms with Crippen LogP contribution >= 0.6 is 0 Å². The monoisotopic (exact) mass is 473 g/mol. The van der Waals surface area contributed by atoms with Gasteiger partial charge < -0.3 is 28.8 Å². The molecule has 35 heavy (non-hydrogen) atoms. The van der Waals surface area contributed by atoms with Gasteiger partial charge in [0.05, 0.1) is 18.7 Å². The molecule has 0 radical (unpaired) electrons. The predicted octanol–water partition coefficient (Wildman–Crippen LogP) is 4.04. The number of nitrogens with zero attached hydrogens (tertiary/aromatic N) is 1. The number of aliphatic hydroxyl groups excluding tert-OH is 1. The van der Waals surface area contributed by atoms with E-state index in [2.05, 4.69) is 0 Å². The van der Waals surface area contributed by atoms with E-state index in [0.717, 1.165) is 27.8 Å². The van der Waals surface area contributed by atoms with Crippen LogP contribution in [0.15, 0.2) is 54.6 Å². The Bertz CT molecular complexity index is 1320. The van der Waals surface area contributed by atoms with E-state index in [1.165, 1.54) is 0 Å². The fourth-order valence-electron chi connectivity index (χ4n) is 5.72. The summed E-state index contributed by atoms with van der Waals surface area (Å²) < 4.78 is 28.3. The standard InChI is InChI=1S/C27H23NO7/c29-20-8-16-9-22-23(34-13-33-22)10-18(16)25-24(20)17-6-7-21-26(35-14-32-21)19(17)11-28(25)27(30)31-12-15-4-2-1-3-5-15/h1-7,9-10,20,24-25,29H,8,11-14H2/t20-,24-,25+/m0/s1. The van der Waals surface area contributed by atoms with Crippen molar-refractivity contribution in [1.82, 2.24) is 4.90 Å². The van der Waals surface area contributed by atoms with Crippen molar-refractivity contribution in [2.45, 2.75) is 37.6 Å². The molecule has 0 bridgehead atoms. The minimum atomic E-state index is -0.711. The van der Waals surface area contributed by atoms with E-state index in [0.29, 0.717) is 29.4 Å². The van der Waals surface area contributed by atoms with Crippen molar-refractivity contribution >= 4 is 6.09 Å². The molecule has 0 saturated heterocycles. The highest BCUT2D eigenvalue weighted by Crippen LogP contribution is 2.54. The molecule has 8 heteroatoms. The minimum Gasteiger partial charge on any atom is -0.454 e. The van der Waals surface area contributed by atoms with Gasteiger partial charge in [0.25, 0.3) is 0 Å². The van der Waals surface area contributed by atoms with Crippen LogP contribution < -0.4 is 18.9 Å². The quantitative estimate of drug-likeness (QED) is 0.601. The second-order valence-corrected chi connectivity index (χ2v) is 9.18. The normalized spacial score (nSPS) is 22.8. The third kappa shape index (κ3) is 3.20. The number of carbonyl (C=O) groups excluding carboxylic acids is 1. The first-order valence-corrected chi connectivity index (χ1v) is 11.7. The predicted molar refractivity (Wildman–Crippen MR) is 122 cm³/mol. The van der Waals surface area contributed by atoms with Gasteiger partial charge in [-0.25, -0.2) is 4.79 Å². The first kappa shape index (κ1) is 20.5. The van der Waals surface area contributed by atoms with Crippen LogP contribution in [0.2, 0.25) is 0 Å². The van der Waals surface area contributed by atoms with Crippen LogP contribution in [0.1, 0.15) is 39.8 Å². The van der Waals surface area contributed by atoms with Gasteiger partial charge in [0.15, 0.2) is 23.0 Å². The van der Waals surface area contributed by atoms with Crippen LogP contribution in [0.3, 0.4) is 0 Å². The van der Waals surface area contributed by atoms with E-state index in [9.17, 15) is 9.90 Å². The molecule has 0 saturated carbocycles. The molecule has 1 amide bonds. The van der Waals surface area contributed by atoms with Gasteiger partial charge in [-0.1, -0.05) is 36.4 Å². The molecule has 4 aliphatic rings. The molecule has 8 nitrogen and oxygen atoms in total. The molecule has 0 unspecified atom stereocenters. The molecule has 3 aromatic rings. The molecule has 3 heterocycles. The van der Waals surface area contributed by atoms with Crippen molar-refractivity contribution in [2.75, 3.05) is 13.6 Å². The van der Waals surface area contributed by atoms with Gasteiger partial charge in [-0.3, -0.25) is 4.90 Å². The third-order valence-electron chi connectivity index (χ3n) is 7.28. The summed E-state index contributed by atoms with van der Waals surface area (Å²) in [6.07, 6.45) is -0.728. The second-order valence-electron chi connectivity index (χ2n) is 9.18. The SMILES string of the molecule is O=C(OCc1ccccc1)N1Cc2c(ccc3c2OCO3)[C@@H]2[C@H]1c1cc3c(cc1C[C@@H]2O)OCO3. The zero-order valence-electron chi connectivity index (χ0n) is 18.8. The van der Waals surface area contributed by atoms with Gasteiger partial charge in [-0.2, -0.15) is 0 Å². The smallest absolute Gasteiger partial charge is 0.410 e. The zero-order valence-corrected chi connectivity index (χ0v) is 18.8. The lowest BCUT2D eigenvalue weighted by Gasteiger charge is -2.47. The summed E-state index contributed by atoms with van der Waals surface area (Å²) >= 11 is 0. The van der Waals surface area contributed by atoms with Crippen LogP contribution in [0.4, 0.5) is 4.79 Å². The lowest BCUT2D eigenvalue weighted by Crippen LogP contribution is -2.47. The molecule has 0 aromatic heterocycles. The largest absolute Gasteiger partial charge is 0.454 e. The zero-order chi connectivity index (χ0) is 23.5. The summed E-state index contributed by atoms with van der Waals surface area (Å²) in [6, 6.07) is 16.9.